The van der Waals surface area contributed by atoms with Gasteiger partial charge in [-0.1, -0.05) is 34.1 Å². The Morgan fingerprint density at radius 3 is 2.81 bits per heavy atom. The number of fused-ring (bicyclic) bond motifs is 1. The molecule has 0 unspecified atom stereocenters. The summed E-state index contributed by atoms with van der Waals surface area (Å²) in [6.45, 7) is 0. The van der Waals surface area contributed by atoms with Gasteiger partial charge in [-0.3, -0.25) is 9.78 Å². The highest BCUT2D eigenvalue weighted by atomic mass is 79.9. The van der Waals surface area contributed by atoms with Gasteiger partial charge in [0.1, 0.15) is 5.75 Å². The Bertz CT molecular complexity index is 825. The molecule has 3 aromatic rings. The maximum absolute atomic E-state index is 12.8. The van der Waals surface area contributed by atoms with Gasteiger partial charge in [-0.25, -0.2) is 0 Å². The molecule has 1 heterocycles. The zero-order valence-electron chi connectivity index (χ0n) is 11.3. The highest BCUT2D eigenvalue weighted by molar-refractivity contribution is 9.10. The van der Waals surface area contributed by atoms with Crippen molar-refractivity contribution < 1.29 is 9.53 Å². The molecular weight excluding hydrogens is 330 g/mol. The molecule has 1 aromatic heterocycles. The predicted molar refractivity (Wildman–Crippen MR) is 85.9 cm³/mol. The second-order valence-corrected chi connectivity index (χ2v) is 5.49. The lowest BCUT2D eigenvalue weighted by Crippen LogP contribution is -2.05. The van der Waals surface area contributed by atoms with Crippen molar-refractivity contribution in [1.82, 2.24) is 4.98 Å². The summed E-state index contributed by atoms with van der Waals surface area (Å²) in [6.07, 6.45) is 3.44. The van der Waals surface area contributed by atoms with Crippen LogP contribution in [-0.2, 0) is 0 Å². The molecule has 3 rings (SSSR count). The van der Waals surface area contributed by atoms with Crippen LogP contribution >= 0.6 is 15.9 Å². The minimum absolute atomic E-state index is 0.0713. The molecule has 2 aromatic carbocycles. The molecule has 104 valence electrons. The van der Waals surface area contributed by atoms with E-state index in [1.165, 1.54) is 0 Å². The number of aromatic nitrogens is 1. The number of hydrogen-bond acceptors (Lipinski definition) is 3. The molecule has 0 atom stereocenters. The van der Waals surface area contributed by atoms with E-state index in [0.29, 0.717) is 16.9 Å². The highest BCUT2D eigenvalue weighted by Gasteiger charge is 2.17. The van der Waals surface area contributed by atoms with Crippen LogP contribution in [0.5, 0.6) is 5.75 Å². The van der Waals surface area contributed by atoms with Crippen LogP contribution in [0.1, 0.15) is 15.9 Å². The molecule has 0 saturated carbocycles. The number of hydrogen-bond donors (Lipinski definition) is 0. The topological polar surface area (TPSA) is 39.2 Å². The third kappa shape index (κ3) is 2.54. The molecule has 0 spiro atoms. The number of carbonyl (C=O) groups excluding carboxylic acids is 1. The molecule has 0 aliphatic rings. The number of methoxy groups -OCH3 is 1. The summed E-state index contributed by atoms with van der Waals surface area (Å²) in [5.74, 6) is 0.480. The molecule has 0 radical (unpaired) electrons. The summed E-state index contributed by atoms with van der Waals surface area (Å²) in [7, 11) is 1.56. The predicted octanol–water partition coefficient (Wildman–Crippen LogP) is 4.24. The van der Waals surface area contributed by atoms with Gasteiger partial charge in [-0.2, -0.15) is 0 Å². The normalized spacial score (nSPS) is 10.6. The minimum atomic E-state index is -0.0713. The van der Waals surface area contributed by atoms with Crippen molar-refractivity contribution in [2.24, 2.45) is 0 Å². The molecule has 0 amide bonds. The smallest absolute Gasteiger partial charge is 0.197 e. The average molecular weight is 342 g/mol. The fourth-order valence-corrected chi connectivity index (χ4v) is 2.65. The quantitative estimate of drug-likeness (QED) is 0.669. The largest absolute Gasteiger partial charge is 0.496 e. The van der Waals surface area contributed by atoms with E-state index in [4.69, 9.17) is 4.74 Å². The maximum atomic E-state index is 12.8. The highest BCUT2D eigenvalue weighted by Crippen LogP contribution is 2.28. The third-order valence-electron chi connectivity index (χ3n) is 3.34. The van der Waals surface area contributed by atoms with Crippen LogP contribution in [0.4, 0.5) is 0 Å². The van der Waals surface area contributed by atoms with Crippen molar-refractivity contribution in [3.05, 3.63) is 70.5 Å². The van der Waals surface area contributed by atoms with Gasteiger partial charge in [0.2, 0.25) is 0 Å². The Kier molecular flexibility index (Phi) is 3.71. The summed E-state index contributed by atoms with van der Waals surface area (Å²) in [5, 5.41) is 1.84. The minimum Gasteiger partial charge on any atom is -0.496 e. The zero-order valence-corrected chi connectivity index (χ0v) is 12.9. The Labute approximate surface area is 130 Å². The number of carbonyl (C=O) groups is 1. The standard InChI is InChI=1S/C17H12BrNO2/c1-21-16-9-12(18)5-6-14(16)17(20)13-4-2-3-11-7-8-19-10-15(11)13/h2-10H,1H3. The molecule has 0 N–H and O–H groups in total. The summed E-state index contributed by atoms with van der Waals surface area (Å²) >= 11 is 3.38. The van der Waals surface area contributed by atoms with Crippen LogP contribution in [-0.4, -0.2) is 17.9 Å². The molecule has 0 aliphatic carbocycles. The second kappa shape index (κ2) is 5.66. The number of nitrogens with zero attached hydrogens (tertiary/aromatic N) is 1. The van der Waals surface area contributed by atoms with Gasteiger partial charge in [0.05, 0.1) is 12.7 Å². The van der Waals surface area contributed by atoms with Crippen LogP contribution in [0, 0.1) is 0 Å². The fraction of sp³-hybridized carbons (Fsp3) is 0.0588. The van der Waals surface area contributed by atoms with E-state index in [9.17, 15) is 4.79 Å². The van der Waals surface area contributed by atoms with Crippen LogP contribution in [0.15, 0.2) is 59.3 Å². The first kappa shape index (κ1) is 13.8. The van der Waals surface area contributed by atoms with Crippen molar-refractivity contribution >= 4 is 32.5 Å². The first-order chi connectivity index (χ1) is 10.2. The number of ether oxygens (including phenoxy) is 1. The van der Waals surface area contributed by atoms with Crippen molar-refractivity contribution in [1.29, 1.82) is 0 Å². The molecule has 0 aliphatic heterocycles. The van der Waals surface area contributed by atoms with Crippen molar-refractivity contribution in [3.8, 4) is 5.75 Å². The van der Waals surface area contributed by atoms with Gasteiger partial charge in [0.15, 0.2) is 5.78 Å². The van der Waals surface area contributed by atoms with Crippen molar-refractivity contribution in [3.63, 3.8) is 0 Å². The number of benzene rings is 2. The number of pyridine rings is 1. The monoisotopic (exact) mass is 341 g/mol. The van der Waals surface area contributed by atoms with Crippen molar-refractivity contribution in [2.75, 3.05) is 7.11 Å². The Hall–Kier alpha value is -2.20. The van der Waals surface area contributed by atoms with E-state index in [2.05, 4.69) is 20.9 Å². The van der Waals surface area contributed by atoms with Crippen LogP contribution in [0.2, 0.25) is 0 Å². The van der Waals surface area contributed by atoms with E-state index in [1.807, 2.05) is 30.3 Å². The zero-order chi connectivity index (χ0) is 14.8. The summed E-state index contributed by atoms with van der Waals surface area (Å²) in [5.41, 5.74) is 1.17. The van der Waals surface area contributed by atoms with Gasteiger partial charge in [0, 0.05) is 27.8 Å². The van der Waals surface area contributed by atoms with E-state index >= 15 is 0 Å². The lowest BCUT2D eigenvalue weighted by atomic mass is 9.98. The average Bonchev–Trinajstić information content (AvgIpc) is 2.53. The van der Waals surface area contributed by atoms with Crippen LogP contribution in [0.3, 0.4) is 0 Å². The molecule has 0 bridgehead atoms. The first-order valence-electron chi connectivity index (χ1n) is 6.41. The molecule has 4 heteroatoms. The number of halogens is 1. The maximum Gasteiger partial charge on any atom is 0.197 e. The Morgan fingerprint density at radius 1 is 1.14 bits per heavy atom. The molecular formula is C17H12BrNO2. The van der Waals surface area contributed by atoms with E-state index in [-0.39, 0.29) is 5.78 Å². The summed E-state index contributed by atoms with van der Waals surface area (Å²) < 4.78 is 6.19. The fourth-order valence-electron chi connectivity index (χ4n) is 2.31. The SMILES string of the molecule is COc1cc(Br)ccc1C(=O)c1cccc2ccncc12. The van der Waals surface area contributed by atoms with E-state index in [0.717, 1.165) is 15.2 Å². The molecule has 0 saturated heterocycles. The van der Waals surface area contributed by atoms with Gasteiger partial charge < -0.3 is 4.74 Å². The van der Waals surface area contributed by atoms with E-state index in [1.54, 1.807) is 31.6 Å². The van der Waals surface area contributed by atoms with Crippen molar-refractivity contribution in [2.45, 2.75) is 0 Å². The van der Waals surface area contributed by atoms with E-state index < -0.39 is 0 Å². The Balaban J connectivity index is 2.17. The molecule has 21 heavy (non-hydrogen) atoms. The first-order valence-corrected chi connectivity index (χ1v) is 7.21. The lowest BCUT2D eigenvalue weighted by molar-refractivity contribution is 0.103. The molecule has 3 nitrogen and oxygen atoms in total. The molecule has 0 fully saturated rings. The van der Waals surface area contributed by atoms with Crippen LogP contribution in [0.25, 0.3) is 10.8 Å². The van der Waals surface area contributed by atoms with Gasteiger partial charge >= 0.3 is 0 Å². The Morgan fingerprint density at radius 2 is 2.00 bits per heavy atom. The van der Waals surface area contributed by atoms with Gasteiger partial charge in [-0.05, 0) is 29.7 Å². The van der Waals surface area contributed by atoms with Gasteiger partial charge in [-0.15, -0.1) is 0 Å². The summed E-state index contributed by atoms with van der Waals surface area (Å²) in [4.78, 5) is 16.9. The number of rotatable bonds is 3. The number of ketones is 1. The third-order valence-corrected chi connectivity index (χ3v) is 3.83. The van der Waals surface area contributed by atoms with Gasteiger partial charge in [0.25, 0.3) is 0 Å². The van der Waals surface area contributed by atoms with Crippen LogP contribution < -0.4 is 4.74 Å². The summed E-state index contributed by atoms with van der Waals surface area (Å²) in [6, 6.07) is 12.9. The lowest BCUT2D eigenvalue weighted by Gasteiger charge is -2.10. The second-order valence-electron chi connectivity index (χ2n) is 4.58.